The van der Waals surface area contributed by atoms with Crippen LogP contribution in [0.4, 0.5) is 0 Å². The minimum Gasteiger partial charge on any atom is -0.508 e. The van der Waals surface area contributed by atoms with Gasteiger partial charge in [-0.2, -0.15) is 0 Å². The van der Waals surface area contributed by atoms with Gasteiger partial charge in [0.15, 0.2) is 0 Å². The maximum Gasteiger partial charge on any atom is 0.254 e. The number of hydrogen-bond acceptors (Lipinski definition) is 4. The van der Waals surface area contributed by atoms with Crippen molar-refractivity contribution in [1.82, 2.24) is 15.1 Å². The maximum absolute atomic E-state index is 12.5. The Kier molecular flexibility index (Phi) is 3.63. The molecule has 0 bridgehead atoms. The van der Waals surface area contributed by atoms with Crippen LogP contribution >= 0.6 is 0 Å². The Morgan fingerprint density at radius 3 is 2.50 bits per heavy atom. The van der Waals surface area contributed by atoms with E-state index in [4.69, 9.17) is 0 Å². The lowest BCUT2D eigenvalue weighted by Gasteiger charge is -2.43. The highest BCUT2D eigenvalue weighted by Crippen LogP contribution is 2.19. The van der Waals surface area contributed by atoms with Crippen molar-refractivity contribution < 1.29 is 9.90 Å². The number of carbonyl (C=O) groups is 1. The zero-order chi connectivity index (χ0) is 14.1. The number of aryl methyl sites for hydroxylation is 1. The molecule has 1 aromatic rings. The first-order chi connectivity index (χ1) is 9.65. The number of phenols is 1. The monoisotopic (exact) mass is 275 g/mol. The normalized spacial score (nSPS) is 20.8. The number of phenolic OH excluding ortho intramolecular Hbond substituents is 1. The predicted molar refractivity (Wildman–Crippen MR) is 77.0 cm³/mol. The Balaban J connectivity index is 1.63. The molecule has 0 saturated carbocycles. The van der Waals surface area contributed by atoms with Gasteiger partial charge in [-0.25, -0.2) is 0 Å². The number of piperazine rings is 1. The molecule has 0 atom stereocenters. The molecule has 0 aromatic heterocycles. The van der Waals surface area contributed by atoms with Gasteiger partial charge in [-0.05, 0) is 30.7 Å². The largest absolute Gasteiger partial charge is 0.508 e. The van der Waals surface area contributed by atoms with Crippen LogP contribution in [0.15, 0.2) is 18.2 Å². The standard InChI is InChI=1S/C15H21N3O2/c1-11-8-13(19)2-3-14(11)15(20)18-6-4-17(5-7-18)12-9-16-10-12/h2-3,8,12,16,19H,4-7,9-10H2,1H3. The number of nitrogens with zero attached hydrogens (tertiary/aromatic N) is 2. The number of amides is 1. The Hall–Kier alpha value is -1.59. The summed E-state index contributed by atoms with van der Waals surface area (Å²) < 4.78 is 0. The van der Waals surface area contributed by atoms with E-state index in [9.17, 15) is 9.90 Å². The van der Waals surface area contributed by atoms with E-state index in [0.717, 1.165) is 44.8 Å². The molecular weight excluding hydrogens is 254 g/mol. The molecule has 0 unspecified atom stereocenters. The fourth-order valence-electron chi connectivity index (χ4n) is 2.88. The zero-order valence-corrected chi connectivity index (χ0v) is 11.8. The molecule has 2 saturated heterocycles. The summed E-state index contributed by atoms with van der Waals surface area (Å²) in [7, 11) is 0. The van der Waals surface area contributed by atoms with Crippen molar-refractivity contribution in [1.29, 1.82) is 0 Å². The highest BCUT2D eigenvalue weighted by atomic mass is 16.3. The summed E-state index contributed by atoms with van der Waals surface area (Å²) in [4.78, 5) is 16.9. The smallest absolute Gasteiger partial charge is 0.254 e. The van der Waals surface area contributed by atoms with E-state index >= 15 is 0 Å². The minimum atomic E-state index is 0.0777. The van der Waals surface area contributed by atoms with Crippen LogP contribution in [-0.4, -0.2) is 66.1 Å². The second-order valence-corrected chi connectivity index (χ2v) is 5.64. The van der Waals surface area contributed by atoms with Crippen LogP contribution in [-0.2, 0) is 0 Å². The van der Waals surface area contributed by atoms with Gasteiger partial charge in [-0.1, -0.05) is 0 Å². The number of carbonyl (C=O) groups excluding carboxylic acids is 1. The van der Waals surface area contributed by atoms with Crippen LogP contribution < -0.4 is 5.32 Å². The lowest BCUT2D eigenvalue weighted by Crippen LogP contribution is -2.62. The lowest BCUT2D eigenvalue weighted by atomic mass is 10.1. The molecule has 1 amide bonds. The van der Waals surface area contributed by atoms with Crippen LogP contribution in [0.5, 0.6) is 5.75 Å². The van der Waals surface area contributed by atoms with Crippen molar-refractivity contribution in [2.45, 2.75) is 13.0 Å². The van der Waals surface area contributed by atoms with Crippen LogP contribution in [0.3, 0.4) is 0 Å². The van der Waals surface area contributed by atoms with Crippen molar-refractivity contribution in [2.24, 2.45) is 0 Å². The van der Waals surface area contributed by atoms with Gasteiger partial charge < -0.3 is 15.3 Å². The molecule has 0 aliphatic carbocycles. The molecule has 2 heterocycles. The SMILES string of the molecule is Cc1cc(O)ccc1C(=O)N1CCN(C2CNC2)CC1. The quantitative estimate of drug-likeness (QED) is 0.822. The first-order valence-electron chi connectivity index (χ1n) is 7.19. The second kappa shape index (κ2) is 5.42. The Bertz CT molecular complexity index is 506. The second-order valence-electron chi connectivity index (χ2n) is 5.64. The first-order valence-corrected chi connectivity index (χ1v) is 7.19. The summed E-state index contributed by atoms with van der Waals surface area (Å²) in [6, 6.07) is 5.59. The fourth-order valence-corrected chi connectivity index (χ4v) is 2.88. The van der Waals surface area contributed by atoms with E-state index in [1.807, 2.05) is 11.8 Å². The number of benzene rings is 1. The highest BCUT2D eigenvalue weighted by molar-refractivity contribution is 5.95. The molecule has 2 aliphatic heterocycles. The third kappa shape index (κ3) is 2.51. The van der Waals surface area contributed by atoms with Crippen molar-refractivity contribution in [3.8, 4) is 5.75 Å². The van der Waals surface area contributed by atoms with Crippen molar-refractivity contribution in [3.63, 3.8) is 0 Å². The van der Waals surface area contributed by atoms with Gasteiger partial charge in [-0.15, -0.1) is 0 Å². The number of aromatic hydroxyl groups is 1. The predicted octanol–water partition coefficient (Wildman–Crippen LogP) is 0.430. The zero-order valence-electron chi connectivity index (χ0n) is 11.8. The van der Waals surface area contributed by atoms with Gasteiger partial charge in [0.25, 0.3) is 5.91 Å². The third-order valence-electron chi connectivity index (χ3n) is 4.32. The van der Waals surface area contributed by atoms with E-state index in [-0.39, 0.29) is 11.7 Å². The first kappa shape index (κ1) is 13.4. The molecule has 5 nitrogen and oxygen atoms in total. The van der Waals surface area contributed by atoms with Crippen LogP contribution in [0, 0.1) is 6.92 Å². The molecule has 1 aromatic carbocycles. The molecule has 0 spiro atoms. The molecule has 0 radical (unpaired) electrons. The number of hydrogen-bond donors (Lipinski definition) is 2. The minimum absolute atomic E-state index is 0.0777. The summed E-state index contributed by atoms with van der Waals surface area (Å²) in [5.74, 6) is 0.287. The van der Waals surface area contributed by atoms with Gasteiger partial charge in [0.05, 0.1) is 0 Å². The molecule has 108 valence electrons. The molecule has 2 N–H and O–H groups in total. The molecule has 2 aliphatic rings. The van der Waals surface area contributed by atoms with Crippen LogP contribution in [0.1, 0.15) is 15.9 Å². The van der Waals surface area contributed by atoms with Crippen molar-refractivity contribution >= 4 is 5.91 Å². The summed E-state index contributed by atoms with van der Waals surface area (Å²) in [5, 5.41) is 12.7. The molecule has 3 rings (SSSR count). The molecule has 20 heavy (non-hydrogen) atoms. The van der Waals surface area contributed by atoms with E-state index in [1.54, 1.807) is 18.2 Å². The summed E-state index contributed by atoms with van der Waals surface area (Å²) in [5.41, 5.74) is 1.53. The summed E-state index contributed by atoms with van der Waals surface area (Å²) in [6.07, 6.45) is 0. The van der Waals surface area contributed by atoms with E-state index in [0.29, 0.717) is 11.6 Å². The van der Waals surface area contributed by atoms with Gasteiger partial charge >= 0.3 is 0 Å². The Labute approximate surface area is 119 Å². The van der Waals surface area contributed by atoms with Crippen molar-refractivity contribution in [2.75, 3.05) is 39.3 Å². The topological polar surface area (TPSA) is 55.8 Å². The Morgan fingerprint density at radius 1 is 1.25 bits per heavy atom. The Morgan fingerprint density at radius 2 is 1.95 bits per heavy atom. The molecular formula is C15H21N3O2. The van der Waals surface area contributed by atoms with Gasteiger partial charge in [0, 0.05) is 50.9 Å². The molecule has 5 heteroatoms. The van der Waals surface area contributed by atoms with Crippen molar-refractivity contribution in [3.05, 3.63) is 29.3 Å². The summed E-state index contributed by atoms with van der Waals surface area (Å²) >= 11 is 0. The van der Waals surface area contributed by atoms with E-state index in [2.05, 4.69) is 10.2 Å². The van der Waals surface area contributed by atoms with Crippen LogP contribution in [0.25, 0.3) is 0 Å². The van der Waals surface area contributed by atoms with Gasteiger partial charge in [0.2, 0.25) is 0 Å². The lowest BCUT2D eigenvalue weighted by molar-refractivity contribution is 0.0501. The van der Waals surface area contributed by atoms with Gasteiger partial charge in [0.1, 0.15) is 5.75 Å². The fraction of sp³-hybridized carbons (Fsp3) is 0.533. The van der Waals surface area contributed by atoms with Gasteiger partial charge in [-0.3, -0.25) is 9.69 Å². The van der Waals surface area contributed by atoms with Crippen LogP contribution in [0.2, 0.25) is 0 Å². The third-order valence-corrected chi connectivity index (χ3v) is 4.32. The highest BCUT2D eigenvalue weighted by Gasteiger charge is 2.29. The van der Waals surface area contributed by atoms with E-state index in [1.165, 1.54) is 0 Å². The summed E-state index contributed by atoms with van der Waals surface area (Å²) in [6.45, 7) is 7.50. The average Bonchev–Trinajstić information content (AvgIpc) is 2.37. The molecule has 2 fully saturated rings. The maximum atomic E-state index is 12.5. The number of rotatable bonds is 2. The number of nitrogens with one attached hydrogen (secondary N) is 1. The average molecular weight is 275 g/mol. The van der Waals surface area contributed by atoms with E-state index < -0.39 is 0 Å².